The van der Waals surface area contributed by atoms with Crippen LogP contribution in [0.15, 0.2) is 30.3 Å². The third kappa shape index (κ3) is 7.25. The quantitative estimate of drug-likeness (QED) is 0.464. The zero-order valence-electron chi connectivity index (χ0n) is 14.6. The maximum atomic E-state index is 9.23. The lowest BCUT2D eigenvalue weighted by molar-refractivity contribution is 0.00619. The molecule has 0 saturated heterocycles. The molecule has 2 atom stereocenters. The van der Waals surface area contributed by atoms with E-state index in [9.17, 15) is 5.11 Å². The second-order valence-corrected chi connectivity index (χ2v) is 13.9. The highest BCUT2D eigenvalue weighted by molar-refractivity contribution is 6.91. The molecule has 1 rings (SSSR count). The van der Waals surface area contributed by atoms with Crippen LogP contribution in [0, 0.1) is 0 Å². The molecule has 0 spiro atoms. The molecular weight excluding hydrogens is 328 g/mol. The lowest BCUT2D eigenvalue weighted by Gasteiger charge is -2.35. The lowest BCUT2D eigenvalue weighted by Crippen LogP contribution is -2.54. The van der Waals surface area contributed by atoms with Gasteiger partial charge in [0, 0.05) is 13.7 Å². The molecule has 1 aromatic rings. The van der Waals surface area contributed by atoms with Crippen molar-refractivity contribution in [2.75, 3.05) is 26.9 Å². The van der Waals surface area contributed by atoms with E-state index in [-0.39, 0.29) is 13.2 Å². The molecule has 0 bridgehead atoms. The molecule has 0 amide bonds. The fourth-order valence-corrected chi connectivity index (χ4v) is 9.92. The molecule has 7 heteroatoms. The zero-order valence-corrected chi connectivity index (χ0v) is 16.6. The summed E-state index contributed by atoms with van der Waals surface area (Å²) in [4.78, 5) is 0. The van der Waals surface area contributed by atoms with Gasteiger partial charge in [0.2, 0.25) is 8.32 Å². The van der Waals surface area contributed by atoms with Gasteiger partial charge in [-0.05, 0) is 37.3 Å². The van der Waals surface area contributed by atoms with Crippen molar-refractivity contribution in [3.63, 3.8) is 0 Å². The minimum atomic E-state index is -2.26. The summed E-state index contributed by atoms with van der Waals surface area (Å²) in [6.45, 7) is 6.89. The van der Waals surface area contributed by atoms with Crippen LogP contribution in [0.4, 0.5) is 0 Å². The van der Waals surface area contributed by atoms with Crippen LogP contribution in [-0.2, 0) is 13.3 Å². The number of benzene rings is 1. The third-order valence-electron chi connectivity index (χ3n) is 3.81. The van der Waals surface area contributed by atoms with Gasteiger partial charge in [0.25, 0.3) is 0 Å². The highest BCUT2D eigenvalue weighted by atomic mass is 28.4. The van der Waals surface area contributed by atoms with Crippen molar-refractivity contribution in [3.8, 4) is 0 Å². The molecule has 0 aliphatic heterocycles. The predicted molar refractivity (Wildman–Crippen MR) is 96.6 cm³/mol. The van der Waals surface area contributed by atoms with Crippen molar-refractivity contribution in [1.29, 1.82) is 0 Å². The number of ether oxygens (including phenoxy) is 1. The maximum Gasteiger partial charge on any atom is 0.324 e. The molecule has 23 heavy (non-hydrogen) atoms. The van der Waals surface area contributed by atoms with Gasteiger partial charge in [0.1, 0.15) is 6.10 Å². The second-order valence-electron chi connectivity index (χ2n) is 6.33. The predicted octanol–water partition coefficient (Wildman–Crippen LogP) is 1.59. The molecule has 132 valence electrons. The topological polar surface area (TPSA) is 68.2 Å². The van der Waals surface area contributed by atoms with Crippen LogP contribution in [-0.4, -0.2) is 60.1 Å². The van der Waals surface area contributed by atoms with Gasteiger partial charge in [-0.25, -0.2) is 0 Å². The molecule has 5 nitrogen and oxygen atoms in total. The van der Waals surface area contributed by atoms with Crippen LogP contribution in [0.2, 0.25) is 25.7 Å². The average Bonchev–Trinajstić information content (AvgIpc) is 2.54. The summed E-state index contributed by atoms with van der Waals surface area (Å²) >= 11 is 0. The van der Waals surface area contributed by atoms with E-state index in [0.717, 1.165) is 12.5 Å². The van der Waals surface area contributed by atoms with Crippen LogP contribution < -0.4 is 5.19 Å². The van der Waals surface area contributed by atoms with Gasteiger partial charge in [-0.15, -0.1) is 0 Å². The molecule has 0 aliphatic rings. The number of rotatable bonds is 11. The van der Waals surface area contributed by atoms with Crippen LogP contribution in [0.1, 0.15) is 6.42 Å². The summed E-state index contributed by atoms with van der Waals surface area (Å²) in [6, 6.07) is 11.2. The first-order valence-electron chi connectivity index (χ1n) is 8.00. The minimum Gasteiger partial charge on any atom is -0.432 e. The standard InChI is InChI=1S/C16H30O5Si2/c1-19-23(4,12-8-11-20-14-15(18)13-17)21-22(2,3)16-9-6-5-7-10-16/h5-7,9-10,15,17-18H,8,11-14H2,1-4H3. The molecule has 0 fully saturated rings. The van der Waals surface area contributed by atoms with E-state index in [2.05, 4.69) is 31.8 Å². The highest BCUT2D eigenvalue weighted by Gasteiger charge is 2.38. The number of aliphatic hydroxyl groups is 2. The second kappa shape index (κ2) is 9.68. The molecule has 1 aromatic carbocycles. The Labute approximate surface area is 141 Å². The van der Waals surface area contributed by atoms with Gasteiger partial charge in [-0.1, -0.05) is 30.3 Å². The van der Waals surface area contributed by atoms with Crippen molar-refractivity contribution < 1.29 is 23.5 Å². The Hall–Kier alpha value is -0.546. The van der Waals surface area contributed by atoms with Crippen LogP contribution in [0.5, 0.6) is 0 Å². The molecule has 2 unspecified atom stereocenters. The Kier molecular flexibility index (Phi) is 8.62. The summed E-state index contributed by atoms with van der Waals surface area (Å²) in [7, 11) is -2.54. The first kappa shape index (κ1) is 20.5. The summed E-state index contributed by atoms with van der Waals surface area (Å²) in [5, 5.41) is 19.2. The Bertz CT molecular complexity index is 443. The summed E-state index contributed by atoms with van der Waals surface area (Å²) < 4.78 is 17.6. The van der Waals surface area contributed by atoms with Crippen molar-refractivity contribution >= 4 is 22.1 Å². The van der Waals surface area contributed by atoms with Crippen molar-refractivity contribution in [3.05, 3.63) is 30.3 Å². The molecular formula is C16H30O5Si2. The van der Waals surface area contributed by atoms with E-state index in [4.69, 9.17) is 18.4 Å². The van der Waals surface area contributed by atoms with E-state index in [0.29, 0.717) is 6.61 Å². The first-order chi connectivity index (χ1) is 10.8. The Morgan fingerprint density at radius 2 is 1.78 bits per heavy atom. The SMILES string of the molecule is CO[Si](C)(CCCOCC(O)CO)O[Si](C)(C)c1ccccc1. The number of hydrogen-bond acceptors (Lipinski definition) is 5. The van der Waals surface area contributed by atoms with Gasteiger partial charge >= 0.3 is 8.56 Å². The number of hydrogen-bond donors (Lipinski definition) is 2. The number of aliphatic hydroxyl groups excluding tert-OH is 2. The lowest BCUT2D eigenvalue weighted by atomic mass is 10.4. The molecule has 0 saturated carbocycles. The fourth-order valence-electron chi connectivity index (χ4n) is 2.40. The normalized spacial score (nSPS) is 16.1. The van der Waals surface area contributed by atoms with E-state index in [1.54, 1.807) is 7.11 Å². The van der Waals surface area contributed by atoms with E-state index in [1.165, 1.54) is 5.19 Å². The molecule has 0 aromatic heterocycles. The zero-order chi connectivity index (χ0) is 17.3. The van der Waals surface area contributed by atoms with Gasteiger partial charge in [-0.3, -0.25) is 0 Å². The average molecular weight is 359 g/mol. The van der Waals surface area contributed by atoms with Gasteiger partial charge < -0.3 is 23.5 Å². The minimum absolute atomic E-state index is 0.160. The largest absolute Gasteiger partial charge is 0.432 e. The van der Waals surface area contributed by atoms with Gasteiger partial charge in [0.15, 0.2) is 0 Å². The van der Waals surface area contributed by atoms with E-state index >= 15 is 0 Å². The molecule has 2 N–H and O–H groups in total. The van der Waals surface area contributed by atoms with Gasteiger partial charge in [0.05, 0.1) is 13.2 Å². The first-order valence-corrected chi connectivity index (χ1v) is 13.4. The Morgan fingerprint density at radius 1 is 1.13 bits per heavy atom. The van der Waals surface area contributed by atoms with Crippen molar-refractivity contribution in [2.45, 2.75) is 38.2 Å². The summed E-state index contributed by atoms with van der Waals surface area (Å²) in [6.07, 6.45) is 0.00951. The van der Waals surface area contributed by atoms with Crippen LogP contribution >= 0.6 is 0 Å². The Morgan fingerprint density at radius 3 is 2.35 bits per heavy atom. The fraction of sp³-hybridized carbons (Fsp3) is 0.625. The Balaban J connectivity index is 2.50. The van der Waals surface area contributed by atoms with Crippen LogP contribution in [0.25, 0.3) is 0 Å². The molecule has 0 heterocycles. The molecule has 0 radical (unpaired) electrons. The van der Waals surface area contributed by atoms with Crippen LogP contribution in [0.3, 0.4) is 0 Å². The van der Waals surface area contributed by atoms with Crippen molar-refractivity contribution in [2.24, 2.45) is 0 Å². The third-order valence-corrected chi connectivity index (χ3v) is 11.4. The maximum absolute atomic E-state index is 9.23. The van der Waals surface area contributed by atoms with E-state index in [1.807, 2.05) is 18.2 Å². The van der Waals surface area contributed by atoms with E-state index < -0.39 is 23.0 Å². The summed E-state index contributed by atoms with van der Waals surface area (Å²) in [5.41, 5.74) is 0. The monoisotopic (exact) mass is 358 g/mol. The molecule has 0 aliphatic carbocycles. The highest BCUT2D eigenvalue weighted by Crippen LogP contribution is 2.21. The van der Waals surface area contributed by atoms with Crippen molar-refractivity contribution in [1.82, 2.24) is 0 Å². The smallest absolute Gasteiger partial charge is 0.324 e. The van der Waals surface area contributed by atoms with Gasteiger partial charge in [-0.2, -0.15) is 0 Å². The summed E-state index contributed by atoms with van der Waals surface area (Å²) in [5.74, 6) is 0.